The maximum Gasteiger partial charge on any atom is 0.115 e. The summed E-state index contributed by atoms with van der Waals surface area (Å²) in [6, 6.07) is 5.96. The molecule has 0 amide bonds. The van der Waals surface area contributed by atoms with Crippen molar-refractivity contribution in [2.45, 2.75) is 57.5 Å². The average Bonchev–Trinajstić information content (AvgIpc) is 2.78. The number of hydrogen-bond acceptors (Lipinski definition) is 2. The summed E-state index contributed by atoms with van der Waals surface area (Å²) in [5, 5.41) is 20.5. The van der Waals surface area contributed by atoms with Crippen LogP contribution in [0.15, 0.2) is 30.9 Å². The van der Waals surface area contributed by atoms with Crippen molar-refractivity contribution in [3.8, 4) is 5.75 Å². The lowest BCUT2D eigenvalue weighted by Crippen LogP contribution is -2.45. The van der Waals surface area contributed by atoms with Gasteiger partial charge in [-0.25, -0.2) is 0 Å². The maximum atomic E-state index is 10.7. The van der Waals surface area contributed by atoms with E-state index in [0.29, 0.717) is 29.4 Å². The molecule has 3 aliphatic carbocycles. The third-order valence-electron chi connectivity index (χ3n) is 7.27. The number of aryl methyl sites for hydroxylation is 1. The number of hydrogen-bond donors (Lipinski definition) is 2. The number of aliphatic hydroxyl groups is 1. The molecule has 0 heterocycles. The number of aromatic hydroxyl groups is 1. The summed E-state index contributed by atoms with van der Waals surface area (Å²) in [5.74, 6) is 2.86. The predicted molar refractivity (Wildman–Crippen MR) is 92.4 cm³/mol. The number of benzene rings is 1. The highest BCUT2D eigenvalue weighted by molar-refractivity contribution is 5.40. The van der Waals surface area contributed by atoms with Crippen molar-refractivity contribution in [1.82, 2.24) is 0 Å². The Balaban J connectivity index is 1.72. The molecule has 0 bridgehead atoms. The quantitative estimate of drug-likeness (QED) is 0.794. The molecule has 0 spiro atoms. The molecule has 6 atom stereocenters. The highest BCUT2D eigenvalue weighted by atomic mass is 16.3. The third kappa shape index (κ3) is 2.18. The Labute approximate surface area is 139 Å². The molecule has 124 valence electrons. The Morgan fingerprint density at radius 1 is 1.35 bits per heavy atom. The van der Waals surface area contributed by atoms with Gasteiger partial charge < -0.3 is 10.2 Å². The topological polar surface area (TPSA) is 40.5 Å². The summed E-state index contributed by atoms with van der Waals surface area (Å²) >= 11 is 0. The van der Waals surface area contributed by atoms with Gasteiger partial charge in [0.25, 0.3) is 0 Å². The molecule has 0 unspecified atom stereocenters. The van der Waals surface area contributed by atoms with Crippen molar-refractivity contribution in [2.75, 3.05) is 0 Å². The molecule has 23 heavy (non-hydrogen) atoms. The van der Waals surface area contributed by atoms with Gasteiger partial charge in [-0.3, -0.25) is 0 Å². The lowest BCUT2D eigenvalue weighted by molar-refractivity contribution is -0.0296. The second-order valence-corrected chi connectivity index (χ2v) is 8.30. The largest absolute Gasteiger partial charge is 0.508 e. The van der Waals surface area contributed by atoms with Crippen molar-refractivity contribution in [2.24, 2.45) is 23.2 Å². The second kappa shape index (κ2) is 5.37. The first-order valence-electron chi connectivity index (χ1n) is 9.15. The van der Waals surface area contributed by atoms with Crippen LogP contribution in [0.4, 0.5) is 0 Å². The minimum absolute atomic E-state index is 0.0866. The average molecular weight is 312 g/mol. The lowest BCUT2D eigenvalue weighted by atomic mass is 9.54. The smallest absolute Gasteiger partial charge is 0.115 e. The van der Waals surface area contributed by atoms with Crippen molar-refractivity contribution >= 4 is 0 Å². The Hall–Kier alpha value is -1.28. The number of phenolic OH excluding ortho intramolecular Hbond substituents is 1. The number of rotatable bonds is 2. The molecular formula is C21H28O2. The Kier molecular flexibility index (Phi) is 3.57. The Bertz CT molecular complexity index is 622. The van der Waals surface area contributed by atoms with E-state index in [2.05, 4.69) is 19.6 Å². The molecule has 2 nitrogen and oxygen atoms in total. The number of fused-ring (bicyclic) bond motifs is 5. The fourth-order valence-electron chi connectivity index (χ4n) is 6.28. The lowest BCUT2D eigenvalue weighted by Gasteiger charge is -2.51. The first-order chi connectivity index (χ1) is 11.0. The van der Waals surface area contributed by atoms with Gasteiger partial charge in [-0.2, -0.15) is 0 Å². The summed E-state index contributed by atoms with van der Waals surface area (Å²) in [6.07, 6.45) is 8.42. The first kappa shape index (κ1) is 15.3. The Morgan fingerprint density at radius 3 is 2.96 bits per heavy atom. The molecule has 0 saturated heterocycles. The zero-order valence-electron chi connectivity index (χ0n) is 14.0. The zero-order chi connectivity index (χ0) is 16.2. The van der Waals surface area contributed by atoms with Crippen molar-refractivity contribution < 1.29 is 10.2 Å². The van der Waals surface area contributed by atoms with Crippen LogP contribution in [0.5, 0.6) is 5.75 Å². The summed E-state index contributed by atoms with van der Waals surface area (Å²) in [7, 11) is 0. The normalized spacial score (nSPS) is 41.7. The molecule has 0 radical (unpaired) electrons. The van der Waals surface area contributed by atoms with E-state index in [1.54, 1.807) is 0 Å². The fourth-order valence-corrected chi connectivity index (χ4v) is 6.28. The van der Waals surface area contributed by atoms with Crippen LogP contribution in [0, 0.1) is 23.2 Å². The molecule has 1 aromatic carbocycles. The van der Waals surface area contributed by atoms with Gasteiger partial charge in [-0.15, -0.1) is 6.58 Å². The standard InChI is InChI=1S/C21H28O2/c1-3-4-14-12-19(23)21(2)10-9-17-16-8-6-15(22)11-13(16)5-7-18(17)20(14)21/h3,6,8,11,14,17-20,22-23H,1,4-5,7,9-10,12H2,2H3/t14-,17-,18-,19+,20+,21-/m1/s1. The van der Waals surface area contributed by atoms with E-state index >= 15 is 0 Å². The first-order valence-corrected chi connectivity index (χ1v) is 9.15. The van der Waals surface area contributed by atoms with E-state index in [9.17, 15) is 10.2 Å². The van der Waals surface area contributed by atoms with Gasteiger partial charge in [0, 0.05) is 0 Å². The highest BCUT2D eigenvalue weighted by Crippen LogP contribution is 2.63. The van der Waals surface area contributed by atoms with Crippen LogP contribution in [-0.2, 0) is 6.42 Å². The molecule has 0 aromatic heterocycles. The van der Waals surface area contributed by atoms with Gasteiger partial charge in [0.05, 0.1) is 6.10 Å². The van der Waals surface area contributed by atoms with Gasteiger partial charge in [-0.05, 0) is 90.9 Å². The van der Waals surface area contributed by atoms with E-state index in [1.807, 2.05) is 18.2 Å². The van der Waals surface area contributed by atoms with Gasteiger partial charge in [0.15, 0.2) is 0 Å². The zero-order valence-corrected chi connectivity index (χ0v) is 14.0. The monoisotopic (exact) mass is 312 g/mol. The molecule has 3 aliphatic rings. The second-order valence-electron chi connectivity index (χ2n) is 8.30. The van der Waals surface area contributed by atoms with E-state index in [1.165, 1.54) is 24.0 Å². The van der Waals surface area contributed by atoms with Crippen molar-refractivity contribution in [3.05, 3.63) is 42.0 Å². The molecule has 0 aliphatic heterocycles. The van der Waals surface area contributed by atoms with Gasteiger partial charge in [0.1, 0.15) is 5.75 Å². The minimum Gasteiger partial charge on any atom is -0.508 e. The molecule has 1 aromatic rings. The summed E-state index contributed by atoms with van der Waals surface area (Å²) in [5.41, 5.74) is 2.89. The van der Waals surface area contributed by atoms with Crippen LogP contribution in [0.2, 0.25) is 0 Å². The van der Waals surface area contributed by atoms with Crippen molar-refractivity contribution in [1.29, 1.82) is 0 Å². The summed E-state index contributed by atoms with van der Waals surface area (Å²) in [6.45, 7) is 6.28. The van der Waals surface area contributed by atoms with E-state index in [-0.39, 0.29) is 11.5 Å². The third-order valence-corrected chi connectivity index (χ3v) is 7.27. The highest BCUT2D eigenvalue weighted by Gasteiger charge is 2.57. The van der Waals surface area contributed by atoms with E-state index in [0.717, 1.165) is 25.7 Å². The molecule has 2 heteroatoms. The number of aliphatic hydroxyl groups excluding tert-OH is 1. The molecular weight excluding hydrogens is 284 g/mol. The predicted octanol–water partition coefficient (Wildman–Crippen LogP) is 4.41. The van der Waals surface area contributed by atoms with Gasteiger partial charge >= 0.3 is 0 Å². The van der Waals surface area contributed by atoms with Crippen LogP contribution in [0.25, 0.3) is 0 Å². The van der Waals surface area contributed by atoms with Crippen molar-refractivity contribution in [3.63, 3.8) is 0 Å². The van der Waals surface area contributed by atoms with E-state index in [4.69, 9.17) is 0 Å². The SMILES string of the molecule is C=CC[C@@H]1C[C@H](O)[C@@]2(C)CC[C@@H]3c4ccc(O)cc4CC[C@H]3[C@H]12. The summed E-state index contributed by atoms with van der Waals surface area (Å²) < 4.78 is 0. The van der Waals surface area contributed by atoms with Gasteiger partial charge in [0.2, 0.25) is 0 Å². The number of allylic oxidation sites excluding steroid dienone is 1. The van der Waals surface area contributed by atoms with Crippen LogP contribution < -0.4 is 0 Å². The molecule has 2 N–H and O–H groups in total. The van der Waals surface area contributed by atoms with Gasteiger partial charge in [-0.1, -0.05) is 19.1 Å². The molecule has 4 rings (SSSR count). The van der Waals surface area contributed by atoms with E-state index < -0.39 is 0 Å². The summed E-state index contributed by atoms with van der Waals surface area (Å²) in [4.78, 5) is 0. The van der Waals surface area contributed by atoms with Crippen LogP contribution in [0.1, 0.15) is 56.1 Å². The maximum absolute atomic E-state index is 10.7. The molecule has 2 fully saturated rings. The van der Waals surface area contributed by atoms with Crippen LogP contribution in [-0.4, -0.2) is 16.3 Å². The minimum atomic E-state index is -0.153. The number of phenols is 1. The molecule has 2 saturated carbocycles. The van der Waals surface area contributed by atoms with Crippen LogP contribution in [0.3, 0.4) is 0 Å². The Morgan fingerprint density at radius 2 is 2.17 bits per heavy atom. The van der Waals surface area contributed by atoms with Crippen LogP contribution >= 0.6 is 0 Å². The fraction of sp³-hybridized carbons (Fsp3) is 0.619.